The van der Waals surface area contributed by atoms with Gasteiger partial charge in [-0.2, -0.15) is 0 Å². The average molecular weight is 359 g/mol. The maximum atomic E-state index is 12.6. The van der Waals surface area contributed by atoms with Crippen molar-refractivity contribution >= 4 is 9.84 Å². The Bertz CT molecular complexity index is 830. The molecule has 0 saturated carbocycles. The standard InChI is InChI=1S/C20H25NO3S/c1-14-8-10-17(11-9-14)25(22,23)13-15(2)21-16(3)19-12-24-20-7-5-4-6-18(19)20/h4-11,15-16,19,21H,12-13H2,1-3H3. The van der Waals surface area contributed by atoms with Gasteiger partial charge >= 0.3 is 0 Å². The molecule has 2 aromatic carbocycles. The molecule has 0 aromatic heterocycles. The minimum atomic E-state index is -3.30. The van der Waals surface area contributed by atoms with E-state index in [4.69, 9.17) is 4.74 Å². The molecular weight excluding hydrogens is 334 g/mol. The summed E-state index contributed by atoms with van der Waals surface area (Å²) in [6.45, 7) is 6.59. The van der Waals surface area contributed by atoms with Crippen LogP contribution in [0.5, 0.6) is 5.75 Å². The number of rotatable bonds is 6. The molecule has 1 N–H and O–H groups in total. The zero-order valence-electron chi connectivity index (χ0n) is 14.9. The predicted octanol–water partition coefficient (Wildman–Crippen LogP) is 3.31. The van der Waals surface area contributed by atoms with Crippen LogP contribution < -0.4 is 10.1 Å². The van der Waals surface area contributed by atoms with Gasteiger partial charge in [-0.1, -0.05) is 35.9 Å². The summed E-state index contributed by atoms with van der Waals surface area (Å²) in [6.07, 6.45) is 0. The maximum absolute atomic E-state index is 12.6. The molecule has 5 heteroatoms. The summed E-state index contributed by atoms with van der Waals surface area (Å²) in [5, 5.41) is 3.44. The Hall–Kier alpha value is -1.85. The number of benzene rings is 2. The highest BCUT2D eigenvalue weighted by atomic mass is 32.2. The first-order chi connectivity index (χ1) is 11.9. The molecule has 134 valence electrons. The molecule has 25 heavy (non-hydrogen) atoms. The molecule has 3 atom stereocenters. The van der Waals surface area contributed by atoms with Crippen LogP contribution in [0.2, 0.25) is 0 Å². The van der Waals surface area contributed by atoms with E-state index in [0.717, 1.165) is 11.3 Å². The van der Waals surface area contributed by atoms with Gasteiger partial charge in [0.15, 0.2) is 9.84 Å². The van der Waals surface area contributed by atoms with Crippen LogP contribution in [0, 0.1) is 6.92 Å². The summed E-state index contributed by atoms with van der Waals surface area (Å²) >= 11 is 0. The number of nitrogens with one attached hydrogen (secondary N) is 1. The van der Waals surface area contributed by atoms with Gasteiger partial charge in [0.25, 0.3) is 0 Å². The lowest BCUT2D eigenvalue weighted by molar-refractivity contribution is 0.298. The topological polar surface area (TPSA) is 55.4 Å². The molecule has 0 aliphatic carbocycles. The van der Waals surface area contributed by atoms with E-state index in [-0.39, 0.29) is 23.8 Å². The van der Waals surface area contributed by atoms with Crippen LogP contribution in [0.1, 0.15) is 30.9 Å². The number of fused-ring (bicyclic) bond motifs is 1. The second kappa shape index (κ2) is 7.18. The van der Waals surface area contributed by atoms with Crippen molar-refractivity contribution in [2.45, 2.75) is 43.7 Å². The van der Waals surface area contributed by atoms with Gasteiger partial charge in [0.2, 0.25) is 0 Å². The second-order valence-electron chi connectivity index (χ2n) is 6.91. The van der Waals surface area contributed by atoms with Gasteiger partial charge in [0.1, 0.15) is 5.75 Å². The van der Waals surface area contributed by atoms with Crippen LogP contribution in [0.3, 0.4) is 0 Å². The highest BCUT2D eigenvalue weighted by molar-refractivity contribution is 7.91. The van der Waals surface area contributed by atoms with Crippen molar-refractivity contribution in [1.82, 2.24) is 5.32 Å². The zero-order valence-corrected chi connectivity index (χ0v) is 15.7. The maximum Gasteiger partial charge on any atom is 0.179 e. The second-order valence-corrected chi connectivity index (χ2v) is 8.94. The molecule has 0 radical (unpaired) electrons. The Morgan fingerprint density at radius 3 is 2.52 bits per heavy atom. The minimum Gasteiger partial charge on any atom is -0.493 e. The first-order valence-electron chi connectivity index (χ1n) is 8.64. The van der Waals surface area contributed by atoms with Crippen molar-refractivity contribution in [3.05, 3.63) is 59.7 Å². The van der Waals surface area contributed by atoms with E-state index in [1.165, 1.54) is 5.56 Å². The molecule has 0 fully saturated rings. The third-order valence-electron chi connectivity index (χ3n) is 4.74. The van der Waals surface area contributed by atoms with Gasteiger partial charge in [0, 0.05) is 23.6 Å². The molecular formula is C20H25NO3S. The minimum absolute atomic E-state index is 0.0790. The van der Waals surface area contributed by atoms with Gasteiger partial charge in [-0.25, -0.2) is 8.42 Å². The van der Waals surface area contributed by atoms with Gasteiger partial charge < -0.3 is 10.1 Å². The SMILES string of the molecule is Cc1ccc(S(=O)(=O)CC(C)NC(C)C2COc3ccccc32)cc1. The Labute approximate surface area is 150 Å². The van der Waals surface area contributed by atoms with E-state index in [0.29, 0.717) is 11.5 Å². The largest absolute Gasteiger partial charge is 0.493 e. The third kappa shape index (κ3) is 4.05. The quantitative estimate of drug-likeness (QED) is 0.860. The molecule has 3 unspecified atom stereocenters. The van der Waals surface area contributed by atoms with Crippen LogP contribution in [-0.4, -0.2) is 32.9 Å². The summed E-state index contributed by atoms with van der Waals surface area (Å²) < 4.78 is 30.9. The average Bonchev–Trinajstić information content (AvgIpc) is 2.98. The molecule has 2 aromatic rings. The third-order valence-corrected chi connectivity index (χ3v) is 6.67. The summed E-state index contributed by atoms with van der Waals surface area (Å²) in [5.74, 6) is 1.25. The fraction of sp³-hybridized carbons (Fsp3) is 0.400. The van der Waals surface area contributed by atoms with Crippen molar-refractivity contribution in [3.63, 3.8) is 0 Å². The molecule has 0 spiro atoms. The van der Waals surface area contributed by atoms with Gasteiger partial charge in [-0.15, -0.1) is 0 Å². The van der Waals surface area contributed by atoms with E-state index in [1.54, 1.807) is 12.1 Å². The number of sulfone groups is 1. The Kier molecular flexibility index (Phi) is 5.16. The summed E-state index contributed by atoms with van der Waals surface area (Å²) in [5.41, 5.74) is 2.25. The highest BCUT2D eigenvalue weighted by Crippen LogP contribution is 2.35. The fourth-order valence-corrected chi connectivity index (χ4v) is 4.88. The van der Waals surface area contributed by atoms with Gasteiger partial charge in [0.05, 0.1) is 17.3 Å². The summed E-state index contributed by atoms with van der Waals surface area (Å²) in [4.78, 5) is 0.383. The Morgan fingerprint density at radius 1 is 1.12 bits per heavy atom. The van der Waals surface area contributed by atoms with Crippen molar-refractivity contribution in [2.24, 2.45) is 0 Å². The normalized spacial score (nSPS) is 19.1. The summed E-state index contributed by atoms with van der Waals surface area (Å²) in [7, 11) is -3.30. The van der Waals surface area contributed by atoms with Crippen molar-refractivity contribution in [1.29, 1.82) is 0 Å². The highest BCUT2D eigenvalue weighted by Gasteiger charge is 2.30. The number of aryl methyl sites for hydroxylation is 1. The van der Waals surface area contributed by atoms with Gasteiger partial charge in [-0.3, -0.25) is 0 Å². The Morgan fingerprint density at radius 2 is 1.80 bits per heavy atom. The first kappa shape index (κ1) is 18.0. The van der Waals surface area contributed by atoms with Crippen molar-refractivity contribution in [2.75, 3.05) is 12.4 Å². The number of para-hydroxylation sites is 1. The van der Waals surface area contributed by atoms with Crippen LogP contribution in [-0.2, 0) is 9.84 Å². The first-order valence-corrected chi connectivity index (χ1v) is 10.3. The van der Waals surface area contributed by atoms with Crippen molar-refractivity contribution < 1.29 is 13.2 Å². The lowest BCUT2D eigenvalue weighted by Crippen LogP contribution is -2.42. The van der Waals surface area contributed by atoms with E-state index in [2.05, 4.69) is 18.3 Å². The smallest absolute Gasteiger partial charge is 0.179 e. The molecule has 4 nitrogen and oxygen atoms in total. The van der Waals surface area contributed by atoms with Crippen LogP contribution >= 0.6 is 0 Å². The zero-order chi connectivity index (χ0) is 18.0. The number of hydrogen-bond acceptors (Lipinski definition) is 4. The predicted molar refractivity (Wildman–Crippen MR) is 100.0 cm³/mol. The van der Waals surface area contributed by atoms with Gasteiger partial charge in [-0.05, 0) is 39.0 Å². The van der Waals surface area contributed by atoms with Crippen LogP contribution in [0.4, 0.5) is 0 Å². The molecule has 0 bridgehead atoms. The monoisotopic (exact) mass is 359 g/mol. The molecule has 1 aliphatic rings. The van der Waals surface area contributed by atoms with E-state index < -0.39 is 9.84 Å². The van der Waals surface area contributed by atoms with Crippen molar-refractivity contribution in [3.8, 4) is 5.75 Å². The number of ether oxygens (including phenoxy) is 1. The molecule has 3 rings (SSSR count). The Balaban J connectivity index is 1.64. The summed E-state index contributed by atoms with van der Waals surface area (Å²) in [6, 6.07) is 15.1. The number of hydrogen-bond donors (Lipinski definition) is 1. The van der Waals surface area contributed by atoms with E-state index in [9.17, 15) is 8.42 Å². The van der Waals surface area contributed by atoms with Crippen LogP contribution in [0.25, 0.3) is 0 Å². The lowest BCUT2D eigenvalue weighted by atomic mass is 9.94. The molecule has 1 heterocycles. The molecule has 0 amide bonds. The fourth-order valence-electron chi connectivity index (χ4n) is 3.39. The van der Waals surface area contributed by atoms with Crippen LogP contribution in [0.15, 0.2) is 53.4 Å². The van der Waals surface area contributed by atoms with E-state index in [1.807, 2.05) is 44.2 Å². The van der Waals surface area contributed by atoms with E-state index >= 15 is 0 Å². The molecule has 1 aliphatic heterocycles. The molecule has 0 saturated heterocycles. The lowest BCUT2D eigenvalue weighted by Gasteiger charge is -2.24.